The summed E-state index contributed by atoms with van der Waals surface area (Å²) in [6.45, 7) is 13.7. The van der Waals surface area contributed by atoms with Gasteiger partial charge in [-0.15, -0.1) is 0 Å². The van der Waals surface area contributed by atoms with Crippen molar-refractivity contribution in [3.05, 3.63) is 24.3 Å². The van der Waals surface area contributed by atoms with Gasteiger partial charge >= 0.3 is 144 Å². The van der Waals surface area contributed by atoms with E-state index in [1.165, 1.54) is 31.5 Å². The SMILES string of the molecule is C[CH2][Ge]([CH2]C)([CH2]C)[O]c1ccc([O][Ge]([CH2]C)([CH2]C)[CH2]C)cc1. The number of rotatable bonds is 10. The first kappa shape index (κ1) is 20.0. The Morgan fingerprint density at radius 1 is 0.545 bits per heavy atom. The van der Waals surface area contributed by atoms with Crippen molar-refractivity contribution in [2.24, 2.45) is 0 Å². The fraction of sp³-hybridized carbons (Fsp3) is 0.667. The van der Waals surface area contributed by atoms with Crippen molar-refractivity contribution in [2.45, 2.75) is 73.1 Å². The molecular weight excluding hydrogens is 393 g/mol. The Bertz CT molecular complexity index is 366. The summed E-state index contributed by atoms with van der Waals surface area (Å²) in [5.74, 6) is 2.08. The van der Waals surface area contributed by atoms with Crippen molar-refractivity contribution in [3.8, 4) is 11.5 Å². The van der Waals surface area contributed by atoms with E-state index >= 15 is 0 Å². The molecule has 0 unspecified atom stereocenters. The van der Waals surface area contributed by atoms with Crippen LogP contribution in [0.1, 0.15) is 41.5 Å². The zero-order valence-corrected chi connectivity index (χ0v) is 19.6. The fourth-order valence-electron chi connectivity index (χ4n) is 3.01. The van der Waals surface area contributed by atoms with Gasteiger partial charge in [-0.1, -0.05) is 0 Å². The van der Waals surface area contributed by atoms with E-state index in [-0.39, 0.29) is 0 Å². The molecule has 0 aliphatic heterocycles. The van der Waals surface area contributed by atoms with E-state index in [0.717, 1.165) is 11.5 Å². The Labute approximate surface area is 143 Å². The van der Waals surface area contributed by atoms with Gasteiger partial charge in [-0.2, -0.15) is 0 Å². The van der Waals surface area contributed by atoms with Crippen LogP contribution in [0, 0.1) is 0 Å². The molecule has 0 fully saturated rings. The van der Waals surface area contributed by atoms with Crippen LogP contribution < -0.4 is 7.53 Å². The fourth-order valence-corrected chi connectivity index (χ4v) is 13.8. The molecule has 0 spiro atoms. The molecule has 0 aromatic heterocycles. The van der Waals surface area contributed by atoms with E-state index < -0.39 is 27.2 Å². The zero-order valence-electron chi connectivity index (χ0n) is 15.4. The Hall–Kier alpha value is -0.0943. The molecule has 1 aromatic rings. The second kappa shape index (κ2) is 9.26. The van der Waals surface area contributed by atoms with E-state index in [4.69, 9.17) is 7.53 Å². The standard InChI is InChI=1S/C18H34Ge2O2/c1-7-19(8-2,9-3)21-17-13-15-18(16-14-17)22-20(10-4,11-5)12-6/h13-16H,7-12H2,1-6H3. The van der Waals surface area contributed by atoms with Crippen LogP contribution >= 0.6 is 0 Å². The number of hydrogen-bond acceptors (Lipinski definition) is 2. The van der Waals surface area contributed by atoms with Crippen LogP contribution in [-0.2, 0) is 0 Å². The van der Waals surface area contributed by atoms with Crippen LogP contribution in [0.2, 0.25) is 31.5 Å². The second-order valence-corrected chi connectivity index (χ2v) is 25.8. The summed E-state index contributed by atoms with van der Waals surface area (Å²) in [7, 11) is 0. The molecule has 0 aliphatic carbocycles. The van der Waals surface area contributed by atoms with Crippen molar-refractivity contribution in [2.75, 3.05) is 0 Å². The summed E-state index contributed by atoms with van der Waals surface area (Å²) < 4.78 is 12.9. The van der Waals surface area contributed by atoms with Gasteiger partial charge in [0.1, 0.15) is 0 Å². The Balaban J connectivity index is 2.82. The van der Waals surface area contributed by atoms with Crippen LogP contribution in [0.4, 0.5) is 0 Å². The predicted molar refractivity (Wildman–Crippen MR) is 102 cm³/mol. The topological polar surface area (TPSA) is 18.5 Å². The minimum atomic E-state index is -2.11. The summed E-state index contributed by atoms with van der Waals surface area (Å²) in [6.07, 6.45) is 0. The van der Waals surface area contributed by atoms with E-state index in [1.54, 1.807) is 0 Å². The van der Waals surface area contributed by atoms with Gasteiger partial charge < -0.3 is 0 Å². The van der Waals surface area contributed by atoms with E-state index in [2.05, 4.69) is 65.8 Å². The van der Waals surface area contributed by atoms with Gasteiger partial charge in [0.2, 0.25) is 0 Å². The third-order valence-corrected chi connectivity index (χ3v) is 24.4. The molecule has 0 heterocycles. The normalized spacial score (nSPS) is 12.3. The molecule has 0 saturated carbocycles. The maximum atomic E-state index is 6.46. The van der Waals surface area contributed by atoms with Crippen molar-refractivity contribution >= 4 is 27.2 Å². The van der Waals surface area contributed by atoms with E-state index in [1.807, 2.05) is 0 Å². The molecule has 22 heavy (non-hydrogen) atoms. The molecule has 0 saturated heterocycles. The van der Waals surface area contributed by atoms with Crippen molar-refractivity contribution < 1.29 is 7.53 Å². The zero-order chi connectivity index (χ0) is 16.6. The van der Waals surface area contributed by atoms with Crippen LogP contribution in [0.5, 0.6) is 11.5 Å². The first-order chi connectivity index (χ1) is 10.5. The summed E-state index contributed by atoms with van der Waals surface area (Å²) in [5, 5.41) is 7.36. The molecule has 1 aromatic carbocycles. The molecule has 0 radical (unpaired) electrons. The van der Waals surface area contributed by atoms with Crippen LogP contribution in [-0.4, -0.2) is 27.2 Å². The van der Waals surface area contributed by atoms with Gasteiger partial charge in [0.15, 0.2) is 0 Å². The first-order valence-electron chi connectivity index (χ1n) is 9.00. The average Bonchev–Trinajstić information content (AvgIpc) is 2.59. The van der Waals surface area contributed by atoms with Gasteiger partial charge in [-0.25, -0.2) is 0 Å². The Morgan fingerprint density at radius 3 is 0.955 bits per heavy atom. The monoisotopic (exact) mass is 430 g/mol. The first-order valence-corrected chi connectivity index (χ1v) is 19.6. The van der Waals surface area contributed by atoms with Crippen molar-refractivity contribution in [3.63, 3.8) is 0 Å². The summed E-state index contributed by atoms with van der Waals surface area (Å²) in [4.78, 5) is 0. The summed E-state index contributed by atoms with van der Waals surface area (Å²) >= 11 is -4.23. The molecule has 4 heteroatoms. The molecule has 126 valence electrons. The maximum absolute atomic E-state index is 6.46. The van der Waals surface area contributed by atoms with Gasteiger partial charge in [-0.05, 0) is 0 Å². The molecular formula is C18H34Ge2O2. The van der Waals surface area contributed by atoms with Gasteiger partial charge in [-0.3, -0.25) is 0 Å². The number of hydrogen-bond donors (Lipinski definition) is 0. The molecule has 1 rings (SSSR count). The van der Waals surface area contributed by atoms with Crippen molar-refractivity contribution in [1.29, 1.82) is 0 Å². The Kier molecular flexibility index (Phi) is 8.40. The summed E-state index contributed by atoms with van der Waals surface area (Å²) in [5.41, 5.74) is 0. The molecule has 0 bridgehead atoms. The quantitative estimate of drug-likeness (QED) is 0.399. The number of benzene rings is 1. The molecule has 2 nitrogen and oxygen atoms in total. The average molecular weight is 428 g/mol. The molecule has 0 atom stereocenters. The van der Waals surface area contributed by atoms with Gasteiger partial charge in [0, 0.05) is 0 Å². The Morgan fingerprint density at radius 2 is 0.773 bits per heavy atom. The van der Waals surface area contributed by atoms with Gasteiger partial charge in [0.25, 0.3) is 0 Å². The van der Waals surface area contributed by atoms with E-state index in [9.17, 15) is 0 Å². The second-order valence-electron chi connectivity index (χ2n) is 6.16. The molecule has 0 N–H and O–H groups in total. The van der Waals surface area contributed by atoms with Crippen LogP contribution in [0.15, 0.2) is 24.3 Å². The third-order valence-electron chi connectivity index (χ3n) is 5.36. The van der Waals surface area contributed by atoms with Crippen LogP contribution in [0.3, 0.4) is 0 Å². The minimum absolute atomic E-state index is 1.04. The third kappa shape index (κ3) is 4.95. The van der Waals surface area contributed by atoms with Gasteiger partial charge in [0.05, 0.1) is 0 Å². The van der Waals surface area contributed by atoms with Crippen LogP contribution in [0.25, 0.3) is 0 Å². The summed E-state index contributed by atoms with van der Waals surface area (Å²) in [6, 6.07) is 8.46. The molecule has 0 amide bonds. The molecule has 0 aliphatic rings. The predicted octanol–water partition coefficient (Wildman–Crippen LogP) is 6.45. The van der Waals surface area contributed by atoms with E-state index in [0.29, 0.717) is 0 Å². The van der Waals surface area contributed by atoms with Crippen molar-refractivity contribution in [1.82, 2.24) is 0 Å².